The molecule has 4 rings (SSSR count). The molecule has 0 saturated heterocycles. The zero-order valence-electron chi connectivity index (χ0n) is 12.6. The van der Waals surface area contributed by atoms with Crippen LogP contribution >= 0.6 is 0 Å². The van der Waals surface area contributed by atoms with Gasteiger partial charge in [0.15, 0.2) is 0 Å². The molecular weight excluding hydrogens is 341 g/mol. The number of benzene rings is 3. The van der Waals surface area contributed by atoms with Gasteiger partial charge >= 0.3 is 141 Å². The van der Waals surface area contributed by atoms with Gasteiger partial charge in [-0.25, -0.2) is 0 Å². The second kappa shape index (κ2) is 6.40. The summed E-state index contributed by atoms with van der Waals surface area (Å²) < 4.78 is 4.08. The number of hydrogen-bond donors (Lipinski definition) is 0. The summed E-state index contributed by atoms with van der Waals surface area (Å²) in [5.41, 5.74) is 0. The van der Waals surface area contributed by atoms with Crippen LogP contribution in [0.3, 0.4) is 0 Å². The first-order chi connectivity index (χ1) is 11.4. The van der Waals surface area contributed by atoms with Crippen molar-refractivity contribution < 1.29 is 0 Å². The van der Waals surface area contributed by atoms with Gasteiger partial charge in [-0.05, 0) is 0 Å². The van der Waals surface area contributed by atoms with E-state index >= 15 is 0 Å². The monoisotopic (exact) mass is 357 g/mol. The number of hydrogen-bond acceptors (Lipinski definition) is 1. The van der Waals surface area contributed by atoms with E-state index in [0.717, 1.165) is 0 Å². The molecule has 23 heavy (non-hydrogen) atoms. The van der Waals surface area contributed by atoms with Crippen LogP contribution in [-0.2, 0) is 0 Å². The van der Waals surface area contributed by atoms with Gasteiger partial charge < -0.3 is 0 Å². The third kappa shape index (κ3) is 2.81. The van der Waals surface area contributed by atoms with Gasteiger partial charge in [-0.3, -0.25) is 0 Å². The average molecular weight is 357 g/mol. The van der Waals surface area contributed by atoms with Gasteiger partial charge in [0, 0.05) is 0 Å². The Morgan fingerprint density at radius 2 is 1.13 bits per heavy atom. The van der Waals surface area contributed by atoms with Crippen LogP contribution in [0.4, 0.5) is 0 Å². The zero-order chi connectivity index (χ0) is 15.5. The summed E-state index contributed by atoms with van der Waals surface area (Å²) in [7, 11) is 0. The van der Waals surface area contributed by atoms with E-state index in [0.29, 0.717) is 0 Å². The molecule has 0 aliphatic carbocycles. The summed E-state index contributed by atoms with van der Waals surface area (Å²) in [4.78, 5) is 4.82. The van der Waals surface area contributed by atoms with Crippen LogP contribution in [0.2, 0.25) is 0 Å². The fourth-order valence-electron chi connectivity index (χ4n) is 2.83. The molecule has 0 unspecified atom stereocenters. The second-order valence-electron chi connectivity index (χ2n) is 5.36. The van der Waals surface area contributed by atoms with Crippen molar-refractivity contribution in [3.05, 3.63) is 97.2 Å². The van der Waals surface area contributed by atoms with Crippen LogP contribution in [0.25, 0.3) is 10.8 Å². The molecule has 1 nitrogen and oxygen atoms in total. The van der Waals surface area contributed by atoms with Crippen molar-refractivity contribution in [2.24, 2.45) is 0 Å². The first-order valence-electron chi connectivity index (χ1n) is 7.67. The number of pyridine rings is 1. The van der Waals surface area contributed by atoms with Gasteiger partial charge in [-0.1, -0.05) is 0 Å². The number of nitrogens with zero attached hydrogens (tertiary/aromatic N) is 1. The van der Waals surface area contributed by atoms with E-state index < -0.39 is 14.7 Å². The predicted molar refractivity (Wildman–Crippen MR) is 99.3 cm³/mol. The van der Waals surface area contributed by atoms with Crippen molar-refractivity contribution in [2.75, 3.05) is 0 Å². The van der Waals surface area contributed by atoms with Gasteiger partial charge in [0.2, 0.25) is 0 Å². The fraction of sp³-hybridized carbons (Fsp3) is 0. The third-order valence-corrected chi connectivity index (χ3v) is 8.95. The number of rotatable bonds is 3. The summed E-state index contributed by atoms with van der Waals surface area (Å²) in [6.45, 7) is 0. The molecule has 3 aromatic carbocycles. The maximum atomic E-state index is 4.82. The topological polar surface area (TPSA) is 12.9 Å². The summed E-state index contributed by atoms with van der Waals surface area (Å²) in [6, 6.07) is 32.3. The van der Waals surface area contributed by atoms with Crippen molar-refractivity contribution in [2.45, 2.75) is 0 Å². The predicted octanol–water partition coefficient (Wildman–Crippen LogP) is 2.75. The van der Waals surface area contributed by atoms with Crippen molar-refractivity contribution in [3.63, 3.8) is 0 Å². The number of fused-ring (bicyclic) bond motifs is 1. The first-order valence-corrected chi connectivity index (χ1v) is 10.5. The maximum absolute atomic E-state index is 4.82. The van der Waals surface area contributed by atoms with Gasteiger partial charge in [0.25, 0.3) is 0 Å². The Bertz CT molecular complexity index is 875. The summed E-state index contributed by atoms with van der Waals surface area (Å²) in [5, 5.41) is 2.55. The molecule has 0 N–H and O–H groups in total. The van der Waals surface area contributed by atoms with E-state index in [1.807, 2.05) is 6.20 Å². The Labute approximate surface area is 140 Å². The Balaban J connectivity index is 1.98. The SMILES string of the molecule is c1ccc([As](c2ccccc2)c2nccc3ccccc23)cc1. The summed E-state index contributed by atoms with van der Waals surface area (Å²) >= 11 is -1.66. The molecule has 0 saturated carbocycles. The van der Waals surface area contributed by atoms with Crippen LogP contribution in [0, 0.1) is 0 Å². The second-order valence-corrected chi connectivity index (χ2v) is 9.83. The molecule has 110 valence electrons. The van der Waals surface area contributed by atoms with E-state index in [2.05, 4.69) is 91.0 Å². The molecule has 0 amide bonds. The van der Waals surface area contributed by atoms with Crippen LogP contribution in [0.1, 0.15) is 0 Å². The Kier molecular flexibility index (Phi) is 3.96. The standard InChI is InChI=1S/C21H16AsN/c1-3-10-18(11-4-1)22(19-12-5-2-6-13-19)21-20-14-8-7-9-17(20)15-16-23-21/h1-16H. The van der Waals surface area contributed by atoms with Crippen LogP contribution in [0.5, 0.6) is 0 Å². The van der Waals surface area contributed by atoms with E-state index in [1.165, 1.54) is 24.0 Å². The Morgan fingerprint density at radius 1 is 0.565 bits per heavy atom. The van der Waals surface area contributed by atoms with Crippen molar-refractivity contribution in [1.82, 2.24) is 4.98 Å². The number of aromatic nitrogens is 1. The molecule has 1 aromatic heterocycles. The molecule has 0 aliphatic heterocycles. The van der Waals surface area contributed by atoms with E-state index in [-0.39, 0.29) is 0 Å². The zero-order valence-corrected chi connectivity index (χ0v) is 14.5. The van der Waals surface area contributed by atoms with E-state index in [9.17, 15) is 0 Å². The minimum absolute atomic E-state index is 1.26. The van der Waals surface area contributed by atoms with Crippen molar-refractivity contribution >= 4 is 38.6 Å². The summed E-state index contributed by atoms with van der Waals surface area (Å²) in [5.74, 6) is 0. The normalized spacial score (nSPS) is 11.0. The first kappa shape index (κ1) is 14.2. The molecule has 4 aromatic rings. The molecule has 0 bridgehead atoms. The molecule has 0 atom stereocenters. The van der Waals surface area contributed by atoms with Crippen LogP contribution in [0.15, 0.2) is 97.2 Å². The third-order valence-electron chi connectivity index (χ3n) is 3.89. The quantitative estimate of drug-likeness (QED) is 0.514. The summed E-state index contributed by atoms with van der Waals surface area (Å²) in [6.07, 6.45) is 1.95. The van der Waals surface area contributed by atoms with E-state index in [1.54, 1.807) is 0 Å². The van der Waals surface area contributed by atoms with Crippen molar-refractivity contribution in [1.29, 1.82) is 0 Å². The van der Waals surface area contributed by atoms with Gasteiger partial charge in [0.1, 0.15) is 0 Å². The van der Waals surface area contributed by atoms with E-state index in [4.69, 9.17) is 4.98 Å². The van der Waals surface area contributed by atoms with Crippen molar-refractivity contribution in [3.8, 4) is 0 Å². The minimum atomic E-state index is -1.66. The molecule has 2 heteroatoms. The molecular formula is C21H16AsN. The van der Waals surface area contributed by atoms with Gasteiger partial charge in [0.05, 0.1) is 0 Å². The van der Waals surface area contributed by atoms with Crippen LogP contribution in [-0.4, -0.2) is 19.6 Å². The molecule has 0 aliphatic rings. The molecule has 0 fully saturated rings. The average Bonchev–Trinajstić information content (AvgIpc) is 2.64. The molecule has 0 spiro atoms. The molecule has 1 heterocycles. The Morgan fingerprint density at radius 3 is 1.78 bits per heavy atom. The van der Waals surface area contributed by atoms with Gasteiger partial charge in [-0.2, -0.15) is 0 Å². The molecule has 0 radical (unpaired) electrons. The fourth-order valence-corrected chi connectivity index (χ4v) is 7.77. The van der Waals surface area contributed by atoms with Crippen LogP contribution < -0.4 is 13.2 Å². The Hall–Kier alpha value is -2.37. The van der Waals surface area contributed by atoms with Gasteiger partial charge in [-0.15, -0.1) is 0 Å².